The van der Waals surface area contributed by atoms with Crippen molar-refractivity contribution in [2.24, 2.45) is 5.92 Å². The second kappa shape index (κ2) is 9.15. The maximum absolute atomic E-state index is 12.9. The molecule has 2 aromatic carbocycles. The van der Waals surface area contributed by atoms with Crippen molar-refractivity contribution < 1.29 is 17.9 Å². The number of benzene rings is 2. The second-order valence-corrected chi connectivity index (χ2v) is 9.53. The van der Waals surface area contributed by atoms with E-state index in [1.165, 1.54) is 23.5 Å². The van der Waals surface area contributed by atoms with Crippen molar-refractivity contribution in [1.29, 1.82) is 0 Å². The molecule has 0 aliphatic carbocycles. The number of nitrogens with zero attached hydrogens (tertiary/aromatic N) is 1. The molecule has 1 heterocycles. The van der Waals surface area contributed by atoms with Crippen molar-refractivity contribution in [1.82, 2.24) is 9.62 Å². The van der Waals surface area contributed by atoms with Gasteiger partial charge in [-0.05, 0) is 43.5 Å². The van der Waals surface area contributed by atoms with Crippen molar-refractivity contribution in [3.8, 4) is 5.75 Å². The van der Waals surface area contributed by atoms with Crippen LogP contribution in [0, 0.1) is 12.8 Å². The number of hydrogen-bond acceptors (Lipinski definition) is 4. The molecule has 0 aromatic heterocycles. The third-order valence-corrected chi connectivity index (χ3v) is 7.32. The minimum absolute atomic E-state index is 0.0314. The molecule has 0 atom stereocenters. The molecule has 1 fully saturated rings. The van der Waals surface area contributed by atoms with E-state index in [-0.39, 0.29) is 21.7 Å². The Morgan fingerprint density at radius 3 is 2.55 bits per heavy atom. The summed E-state index contributed by atoms with van der Waals surface area (Å²) in [5.74, 6) is 0.205. The summed E-state index contributed by atoms with van der Waals surface area (Å²) in [6, 6.07) is 12.4. The molecular formula is C21H25ClN2O4S. The van der Waals surface area contributed by atoms with Crippen LogP contribution in [-0.4, -0.2) is 38.8 Å². The average Bonchev–Trinajstić information content (AvgIpc) is 2.72. The molecule has 156 valence electrons. The fourth-order valence-corrected chi connectivity index (χ4v) is 5.29. The Kier molecular flexibility index (Phi) is 6.82. The second-order valence-electron chi connectivity index (χ2n) is 7.18. The number of amides is 1. The van der Waals surface area contributed by atoms with Crippen molar-refractivity contribution in [3.05, 3.63) is 58.6 Å². The number of nitrogens with one attached hydrogen (secondary N) is 1. The van der Waals surface area contributed by atoms with Gasteiger partial charge in [-0.1, -0.05) is 41.4 Å². The molecule has 0 unspecified atom stereocenters. The van der Waals surface area contributed by atoms with E-state index < -0.39 is 10.0 Å². The standard InChI is InChI=1S/C21H25ClN2O4S/c1-15-4-3-5-16(12-15)14-23-21(25)17-8-10-24(11-9-17)29(26,27)18-6-7-20(28-2)19(22)13-18/h3-7,12-13,17H,8-11,14H2,1-2H3,(H,23,25). The first kappa shape index (κ1) is 21.6. The number of rotatable bonds is 6. The molecular weight excluding hydrogens is 412 g/mol. The Labute approximate surface area is 176 Å². The van der Waals surface area contributed by atoms with Crippen LogP contribution in [0.25, 0.3) is 0 Å². The number of carbonyl (C=O) groups is 1. The van der Waals surface area contributed by atoms with E-state index in [1.807, 2.05) is 31.2 Å². The van der Waals surface area contributed by atoms with Crippen molar-refractivity contribution in [2.45, 2.75) is 31.2 Å². The maximum atomic E-state index is 12.9. The zero-order chi connectivity index (χ0) is 21.0. The quantitative estimate of drug-likeness (QED) is 0.753. The van der Waals surface area contributed by atoms with Gasteiger partial charge in [0.25, 0.3) is 0 Å². The summed E-state index contributed by atoms with van der Waals surface area (Å²) in [6.07, 6.45) is 0.978. The summed E-state index contributed by atoms with van der Waals surface area (Å²) in [4.78, 5) is 12.6. The first-order valence-corrected chi connectivity index (χ1v) is 11.3. The van der Waals surface area contributed by atoms with Gasteiger partial charge >= 0.3 is 0 Å². The third kappa shape index (κ3) is 5.10. The predicted molar refractivity (Wildman–Crippen MR) is 113 cm³/mol. The summed E-state index contributed by atoms with van der Waals surface area (Å²) < 4.78 is 32.3. The van der Waals surface area contributed by atoms with Crippen LogP contribution in [0.5, 0.6) is 5.75 Å². The topological polar surface area (TPSA) is 75.7 Å². The summed E-state index contributed by atoms with van der Waals surface area (Å²) in [6.45, 7) is 3.09. The molecule has 0 spiro atoms. The Balaban J connectivity index is 1.57. The number of ether oxygens (including phenoxy) is 1. The van der Waals surface area contributed by atoms with E-state index in [2.05, 4.69) is 5.32 Å². The molecule has 6 nitrogen and oxygen atoms in total. The van der Waals surface area contributed by atoms with Gasteiger partial charge in [0.1, 0.15) is 5.75 Å². The number of piperidine rings is 1. The fraction of sp³-hybridized carbons (Fsp3) is 0.381. The molecule has 1 N–H and O–H groups in total. The summed E-state index contributed by atoms with van der Waals surface area (Å²) in [5.41, 5.74) is 2.20. The number of hydrogen-bond donors (Lipinski definition) is 1. The zero-order valence-electron chi connectivity index (χ0n) is 16.5. The van der Waals surface area contributed by atoms with Crippen LogP contribution >= 0.6 is 11.6 Å². The van der Waals surface area contributed by atoms with Gasteiger partial charge in [0.05, 0.1) is 17.0 Å². The predicted octanol–water partition coefficient (Wildman–Crippen LogP) is 3.37. The molecule has 1 aliphatic heterocycles. The van der Waals surface area contributed by atoms with Crippen LogP contribution in [0.15, 0.2) is 47.4 Å². The van der Waals surface area contributed by atoms with Gasteiger partial charge in [0.15, 0.2) is 0 Å². The maximum Gasteiger partial charge on any atom is 0.243 e. The van der Waals surface area contributed by atoms with Gasteiger partial charge in [0.2, 0.25) is 15.9 Å². The lowest BCUT2D eigenvalue weighted by molar-refractivity contribution is -0.126. The molecule has 2 aromatic rings. The smallest absolute Gasteiger partial charge is 0.243 e. The van der Waals surface area contributed by atoms with Crippen LogP contribution in [-0.2, 0) is 21.4 Å². The van der Waals surface area contributed by atoms with Crippen LogP contribution in [0.1, 0.15) is 24.0 Å². The Morgan fingerprint density at radius 1 is 1.21 bits per heavy atom. The van der Waals surface area contributed by atoms with Crippen molar-refractivity contribution in [3.63, 3.8) is 0 Å². The van der Waals surface area contributed by atoms with E-state index in [0.29, 0.717) is 38.2 Å². The lowest BCUT2D eigenvalue weighted by Gasteiger charge is -2.30. The lowest BCUT2D eigenvalue weighted by Crippen LogP contribution is -2.42. The van der Waals surface area contributed by atoms with Crippen molar-refractivity contribution >= 4 is 27.5 Å². The van der Waals surface area contributed by atoms with Crippen LogP contribution in [0.3, 0.4) is 0 Å². The van der Waals surface area contributed by atoms with E-state index >= 15 is 0 Å². The lowest BCUT2D eigenvalue weighted by atomic mass is 9.97. The molecule has 1 saturated heterocycles. The summed E-state index contributed by atoms with van der Waals surface area (Å²) in [5, 5.41) is 3.21. The van der Waals surface area contributed by atoms with E-state index in [9.17, 15) is 13.2 Å². The van der Waals surface area contributed by atoms with Crippen LogP contribution < -0.4 is 10.1 Å². The summed E-state index contributed by atoms with van der Waals surface area (Å²) >= 11 is 6.07. The molecule has 0 bridgehead atoms. The highest BCUT2D eigenvalue weighted by Gasteiger charge is 2.32. The van der Waals surface area contributed by atoms with Gasteiger partial charge in [0, 0.05) is 25.6 Å². The number of sulfonamides is 1. The molecule has 1 amide bonds. The third-order valence-electron chi connectivity index (χ3n) is 5.13. The Morgan fingerprint density at radius 2 is 1.93 bits per heavy atom. The van der Waals surface area contributed by atoms with E-state index in [0.717, 1.165) is 11.1 Å². The number of aryl methyl sites for hydroxylation is 1. The minimum Gasteiger partial charge on any atom is -0.495 e. The Bertz CT molecular complexity index is 986. The fourth-order valence-electron chi connectivity index (χ4n) is 3.47. The van der Waals surface area contributed by atoms with Gasteiger partial charge in [-0.2, -0.15) is 4.31 Å². The number of methoxy groups -OCH3 is 1. The van der Waals surface area contributed by atoms with Crippen LogP contribution in [0.2, 0.25) is 5.02 Å². The van der Waals surface area contributed by atoms with Gasteiger partial charge < -0.3 is 10.1 Å². The van der Waals surface area contributed by atoms with Crippen molar-refractivity contribution in [2.75, 3.05) is 20.2 Å². The van der Waals surface area contributed by atoms with Crippen LogP contribution in [0.4, 0.5) is 0 Å². The molecule has 8 heteroatoms. The largest absolute Gasteiger partial charge is 0.495 e. The SMILES string of the molecule is COc1ccc(S(=O)(=O)N2CCC(C(=O)NCc3cccc(C)c3)CC2)cc1Cl. The van der Waals surface area contributed by atoms with Gasteiger partial charge in [-0.3, -0.25) is 4.79 Å². The number of carbonyl (C=O) groups excluding carboxylic acids is 1. The van der Waals surface area contributed by atoms with Gasteiger partial charge in [-0.25, -0.2) is 8.42 Å². The molecule has 29 heavy (non-hydrogen) atoms. The van der Waals surface area contributed by atoms with E-state index in [4.69, 9.17) is 16.3 Å². The highest BCUT2D eigenvalue weighted by atomic mass is 35.5. The number of halogens is 1. The molecule has 1 aliphatic rings. The monoisotopic (exact) mass is 436 g/mol. The molecule has 3 rings (SSSR count). The highest BCUT2D eigenvalue weighted by Crippen LogP contribution is 2.30. The summed E-state index contributed by atoms with van der Waals surface area (Å²) in [7, 11) is -2.18. The highest BCUT2D eigenvalue weighted by molar-refractivity contribution is 7.89. The normalized spacial score (nSPS) is 15.8. The molecule has 0 saturated carbocycles. The molecule has 0 radical (unpaired) electrons. The average molecular weight is 437 g/mol. The first-order valence-electron chi connectivity index (χ1n) is 9.48. The van der Waals surface area contributed by atoms with Gasteiger partial charge in [-0.15, -0.1) is 0 Å². The minimum atomic E-state index is -3.66. The van der Waals surface area contributed by atoms with E-state index in [1.54, 1.807) is 6.07 Å². The zero-order valence-corrected chi connectivity index (χ0v) is 18.1. The Hall–Kier alpha value is -2.09. The first-order chi connectivity index (χ1) is 13.8.